The molecule has 0 saturated heterocycles. The van der Waals surface area contributed by atoms with Crippen molar-refractivity contribution in [3.63, 3.8) is 0 Å². The molecule has 1 aromatic rings. The van der Waals surface area contributed by atoms with Crippen LogP contribution in [0, 0.1) is 6.92 Å². The van der Waals surface area contributed by atoms with Gasteiger partial charge in [-0.25, -0.2) is 4.98 Å². The van der Waals surface area contributed by atoms with E-state index in [1.807, 2.05) is 13.8 Å². The maximum Gasteiger partial charge on any atom is 0.239 e. The van der Waals surface area contributed by atoms with E-state index in [2.05, 4.69) is 20.6 Å². The fourth-order valence-electron chi connectivity index (χ4n) is 1.07. The largest absolute Gasteiger partial charge is 0.360 e. The highest BCUT2D eigenvalue weighted by atomic mass is 16.1. The number of hydrogen-bond acceptors (Lipinski definition) is 4. The monoisotopic (exact) mass is 208 g/mol. The molecule has 5 nitrogen and oxygen atoms in total. The minimum atomic E-state index is -0.0260. The van der Waals surface area contributed by atoms with Gasteiger partial charge in [0.15, 0.2) is 0 Å². The first kappa shape index (κ1) is 11.4. The Bertz CT molecular complexity index is 327. The van der Waals surface area contributed by atoms with Gasteiger partial charge in [0.05, 0.1) is 12.2 Å². The Hall–Kier alpha value is -1.65. The number of hydrogen-bond donors (Lipinski definition) is 2. The average molecular weight is 208 g/mol. The van der Waals surface area contributed by atoms with E-state index >= 15 is 0 Å². The third-order valence-electron chi connectivity index (χ3n) is 1.87. The lowest BCUT2D eigenvalue weighted by atomic mass is 10.4. The van der Waals surface area contributed by atoms with E-state index in [-0.39, 0.29) is 12.5 Å². The van der Waals surface area contributed by atoms with Crippen molar-refractivity contribution < 1.29 is 4.79 Å². The third kappa shape index (κ3) is 3.93. The van der Waals surface area contributed by atoms with Crippen LogP contribution in [0.5, 0.6) is 0 Å². The molecule has 1 aromatic heterocycles. The fourth-order valence-corrected chi connectivity index (χ4v) is 1.07. The van der Waals surface area contributed by atoms with E-state index in [1.165, 1.54) is 0 Å². The molecule has 0 saturated carbocycles. The molecule has 0 aliphatic rings. The van der Waals surface area contributed by atoms with Gasteiger partial charge in [-0.15, -0.1) is 0 Å². The number of nitrogens with one attached hydrogen (secondary N) is 2. The van der Waals surface area contributed by atoms with E-state index < -0.39 is 0 Å². The lowest BCUT2D eigenvalue weighted by Gasteiger charge is -2.07. The summed E-state index contributed by atoms with van der Waals surface area (Å²) in [5.74, 6) is 0.631. The second-order valence-corrected chi connectivity index (χ2v) is 3.19. The van der Waals surface area contributed by atoms with Crippen molar-refractivity contribution in [3.8, 4) is 0 Å². The lowest BCUT2D eigenvalue weighted by molar-refractivity contribution is -0.119. The highest BCUT2D eigenvalue weighted by Gasteiger charge is 2.02. The Kier molecular flexibility index (Phi) is 4.53. The Morgan fingerprint density at radius 1 is 1.40 bits per heavy atom. The Morgan fingerprint density at radius 3 is 2.80 bits per heavy atom. The van der Waals surface area contributed by atoms with Crippen LogP contribution in [0.1, 0.15) is 19.0 Å². The molecular formula is C10H16N4O. The summed E-state index contributed by atoms with van der Waals surface area (Å²) in [7, 11) is 0. The zero-order valence-electron chi connectivity index (χ0n) is 9.08. The van der Waals surface area contributed by atoms with Crippen molar-refractivity contribution in [2.24, 2.45) is 0 Å². The van der Waals surface area contributed by atoms with Gasteiger partial charge in [0.25, 0.3) is 0 Å². The van der Waals surface area contributed by atoms with E-state index in [9.17, 15) is 4.79 Å². The minimum absolute atomic E-state index is 0.0260. The van der Waals surface area contributed by atoms with Crippen LogP contribution < -0.4 is 10.6 Å². The van der Waals surface area contributed by atoms with Crippen molar-refractivity contribution >= 4 is 11.7 Å². The molecule has 0 spiro atoms. The van der Waals surface area contributed by atoms with Crippen LogP contribution in [-0.4, -0.2) is 29.0 Å². The molecule has 0 atom stereocenters. The number of carbonyl (C=O) groups is 1. The number of rotatable bonds is 5. The summed E-state index contributed by atoms with van der Waals surface area (Å²) in [4.78, 5) is 19.4. The average Bonchev–Trinajstić information content (AvgIpc) is 2.25. The van der Waals surface area contributed by atoms with E-state index in [1.54, 1.807) is 12.4 Å². The van der Waals surface area contributed by atoms with E-state index in [0.717, 1.165) is 12.1 Å². The molecule has 0 unspecified atom stereocenters. The number of nitrogens with zero attached hydrogens (tertiary/aromatic N) is 2. The van der Waals surface area contributed by atoms with Gasteiger partial charge in [0.1, 0.15) is 5.82 Å². The van der Waals surface area contributed by atoms with E-state index in [4.69, 9.17) is 0 Å². The number of anilines is 1. The van der Waals surface area contributed by atoms with Crippen LogP contribution in [-0.2, 0) is 4.79 Å². The van der Waals surface area contributed by atoms with Gasteiger partial charge in [0.2, 0.25) is 5.91 Å². The van der Waals surface area contributed by atoms with Crippen molar-refractivity contribution in [2.75, 3.05) is 18.4 Å². The van der Waals surface area contributed by atoms with Crippen molar-refractivity contribution in [1.82, 2.24) is 15.3 Å². The molecule has 0 aliphatic carbocycles. The van der Waals surface area contributed by atoms with Crippen LogP contribution >= 0.6 is 0 Å². The molecule has 1 rings (SSSR count). The predicted molar refractivity (Wildman–Crippen MR) is 58.6 cm³/mol. The fraction of sp³-hybridized carbons (Fsp3) is 0.500. The Morgan fingerprint density at radius 2 is 2.13 bits per heavy atom. The predicted octanol–water partition coefficient (Wildman–Crippen LogP) is 0.723. The molecule has 0 bridgehead atoms. The molecule has 0 aliphatic heterocycles. The zero-order valence-corrected chi connectivity index (χ0v) is 9.08. The molecule has 15 heavy (non-hydrogen) atoms. The van der Waals surface area contributed by atoms with Crippen LogP contribution in [0.4, 0.5) is 5.82 Å². The summed E-state index contributed by atoms with van der Waals surface area (Å²) in [5.41, 5.74) is 0.792. The third-order valence-corrected chi connectivity index (χ3v) is 1.87. The normalized spacial score (nSPS) is 9.73. The summed E-state index contributed by atoms with van der Waals surface area (Å²) in [6.07, 6.45) is 4.16. The van der Waals surface area contributed by atoms with Gasteiger partial charge >= 0.3 is 0 Å². The van der Waals surface area contributed by atoms with Gasteiger partial charge in [-0.3, -0.25) is 9.78 Å². The van der Waals surface area contributed by atoms with Crippen LogP contribution in [0.25, 0.3) is 0 Å². The van der Waals surface area contributed by atoms with Crippen LogP contribution in [0.15, 0.2) is 12.4 Å². The highest BCUT2D eigenvalue weighted by molar-refractivity contribution is 5.80. The zero-order chi connectivity index (χ0) is 11.1. The molecule has 82 valence electrons. The molecule has 1 heterocycles. The standard InChI is InChI=1S/C10H16N4O/c1-3-4-12-9(15)7-14-10-8(2)11-5-6-13-10/h5-6H,3-4,7H2,1-2H3,(H,12,15)(H,13,14). The second-order valence-electron chi connectivity index (χ2n) is 3.19. The van der Waals surface area contributed by atoms with Gasteiger partial charge in [-0.05, 0) is 13.3 Å². The summed E-state index contributed by atoms with van der Waals surface area (Å²) in [6, 6.07) is 0. The van der Waals surface area contributed by atoms with Crippen molar-refractivity contribution in [1.29, 1.82) is 0 Å². The van der Waals surface area contributed by atoms with Gasteiger partial charge in [-0.1, -0.05) is 6.92 Å². The van der Waals surface area contributed by atoms with Gasteiger partial charge < -0.3 is 10.6 Å². The van der Waals surface area contributed by atoms with Crippen molar-refractivity contribution in [2.45, 2.75) is 20.3 Å². The summed E-state index contributed by atoms with van der Waals surface area (Å²) < 4.78 is 0. The number of aromatic nitrogens is 2. The molecule has 1 amide bonds. The molecule has 2 N–H and O–H groups in total. The first-order valence-corrected chi connectivity index (χ1v) is 5.02. The summed E-state index contributed by atoms with van der Waals surface area (Å²) >= 11 is 0. The van der Waals surface area contributed by atoms with E-state index in [0.29, 0.717) is 12.4 Å². The van der Waals surface area contributed by atoms with Gasteiger partial charge in [-0.2, -0.15) is 0 Å². The Balaban J connectivity index is 2.37. The number of aryl methyl sites for hydroxylation is 1. The SMILES string of the molecule is CCCNC(=O)CNc1nccnc1C. The van der Waals surface area contributed by atoms with Crippen LogP contribution in [0.2, 0.25) is 0 Å². The lowest BCUT2D eigenvalue weighted by Crippen LogP contribution is -2.30. The highest BCUT2D eigenvalue weighted by Crippen LogP contribution is 2.04. The summed E-state index contributed by atoms with van der Waals surface area (Å²) in [6.45, 7) is 4.80. The molecule has 0 radical (unpaired) electrons. The topological polar surface area (TPSA) is 66.9 Å². The maximum atomic E-state index is 11.3. The smallest absolute Gasteiger partial charge is 0.239 e. The number of amides is 1. The summed E-state index contributed by atoms with van der Waals surface area (Å²) in [5, 5.41) is 5.71. The Labute approximate surface area is 89.3 Å². The molecule has 0 aromatic carbocycles. The van der Waals surface area contributed by atoms with Crippen molar-refractivity contribution in [3.05, 3.63) is 18.1 Å². The molecule has 0 fully saturated rings. The minimum Gasteiger partial charge on any atom is -0.360 e. The maximum absolute atomic E-state index is 11.3. The van der Waals surface area contributed by atoms with Crippen LogP contribution in [0.3, 0.4) is 0 Å². The second kappa shape index (κ2) is 5.95. The van der Waals surface area contributed by atoms with Gasteiger partial charge in [0, 0.05) is 18.9 Å². The quantitative estimate of drug-likeness (QED) is 0.748. The number of carbonyl (C=O) groups excluding carboxylic acids is 1. The first-order valence-electron chi connectivity index (χ1n) is 5.02. The first-order chi connectivity index (χ1) is 7.24. The molecular weight excluding hydrogens is 192 g/mol. The molecule has 5 heteroatoms.